The van der Waals surface area contributed by atoms with Gasteiger partial charge in [-0.05, 0) is 50.5 Å². The van der Waals surface area contributed by atoms with Crippen LogP contribution in [0.3, 0.4) is 0 Å². The van der Waals surface area contributed by atoms with E-state index in [9.17, 15) is 0 Å². The van der Waals surface area contributed by atoms with E-state index in [-0.39, 0.29) is 5.54 Å². The molecule has 0 saturated heterocycles. The molecular formula is C17H28N2S. The Kier molecular flexibility index (Phi) is 4.19. The third-order valence-electron chi connectivity index (χ3n) is 5.58. The predicted octanol–water partition coefficient (Wildman–Crippen LogP) is 4.28. The first-order chi connectivity index (χ1) is 9.67. The molecule has 2 aliphatic rings. The zero-order chi connectivity index (χ0) is 14.2. The fourth-order valence-corrected chi connectivity index (χ4v) is 5.59. The average molecular weight is 292 g/mol. The molecule has 3 atom stereocenters. The highest BCUT2D eigenvalue weighted by atomic mass is 32.1. The van der Waals surface area contributed by atoms with Crippen molar-refractivity contribution < 1.29 is 0 Å². The lowest BCUT2D eigenvalue weighted by Gasteiger charge is -2.45. The van der Waals surface area contributed by atoms with Gasteiger partial charge in [0.1, 0.15) is 5.01 Å². The van der Waals surface area contributed by atoms with E-state index in [2.05, 4.69) is 26.1 Å². The summed E-state index contributed by atoms with van der Waals surface area (Å²) in [5.41, 5.74) is 1.56. The van der Waals surface area contributed by atoms with Crippen LogP contribution in [0.15, 0.2) is 0 Å². The van der Waals surface area contributed by atoms with Gasteiger partial charge in [-0.1, -0.05) is 33.6 Å². The minimum atomic E-state index is 0.147. The van der Waals surface area contributed by atoms with E-state index in [4.69, 9.17) is 4.98 Å². The van der Waals surface area contributed by atoms with E-state index in [1.807, 2.05) is 11.3 Å². The van der Waals surface area contributed by atoms with Crippen LogP contribution in [-0.2, 0) is 18.4 Å². The maximum absolute atomic E-state index is 5.11. The standard InChI is InChI=1S/C17H28N2S/c1-4-18-17(11-7-8-12(2)13(17)3)16-19-14-9-5-6-10-15(14)20-16/h12-13,18H,4-11H2,1-3H3. The van der Waals surface area contributed by atoms with Gasteiger partial charge < -0.3 is 5.32 Å². The van der Waals surface area contributed by atoms with E-state index in [1.54, 1.807) is 4.88 Å². The molecule has 20 heavy (non-hydrogen) atoms. The third kappa shape index (κ3) is 2.33. The monoisotopic (exact) mass is 292 g/mol. The summed E-state index contributed by atoms with van der Waals surface area (Å²) < 4.78 is 0. The summed E-state index contributed by atoms with van der Waals surface area (Å²) in [6.45, 7) is 8.14. The molecule has 1 heterocycles. The second-order valence-corrected chi connectivity index (χ2v) is 7.84. The third-order valence-corrected chi connectivity index (χ3v) is 6.92. The topological polar surface area (TPSA) is 24.9 Å². The van der Waals surface area contributed by atoms with Crippen LogP contribution in [0.4, 0.5) is 0 Å². The van der Waals surface area contributed by atoms with Crippen molar-refractivity contribution in [1.82, 2.24) is 10.3 Å². The highest BCUT2D eigenvalue weighted by molar-refractivity contribution is 7.11. The fraction of sp³-hybridized carbons (Fsp3) is 0.824. The van der Waals surface area contributed by atoms with Gasteiger partial charge in [-0.15, -0.1) is 11.3 Å². The Hall–Kier alpha value is -0.410. The Labute approximate surface area is 127 Å². The second kappa shape index (κ2) is 5.76. The minimum Gasteiger partial charge on any atom is -0.305 e. The molecule has 3 rings (SSSR count). The quantitative estimate of drug-likeness (QED) is 0.899. The lowest BCUT2D eigenvalue weighted by atomic mass is 9.68. The molecule has 3 unspecified atom stereocenters. The highest BCUT2D eigenvalue weighted by Crippen LogP contribution is 2.46. The van der Waals surface area contributed by atoms with Crippen molar-refractivity contribution in [3.8, 4) is 0 Å². The molecule has 1 N–H and O–H groups in total. The van der Waals surface area contributed by atoms with Gasteiger partial charge in [-0.2, -0.15) is 0 Å². The minimum absolute atomic E-state index is 0.147. The number of rotatable bonds is 3. The fourth-order valence-electron chi connectivity index (χ4n) is 4.15. The van der Waals surface area contributed by atoms with Crippen molar-refractivity contribution in [2.45, 2.75) is 71.3 Å². The second-order valence-electron chi connectivity index (χ2n) is 6.76. The van der Waals surface area contributed by atoms with Crippen molar-refractivity contribution >= 4 is 11.3 Å². The number of nitrogens with zero attached hydrogens (tertiary/aromatic N) is 1. The summed E-state index contributed by atoms with van der Waals surface area (Å²) in [6, 6.07) is 0. The lowest BCUT2D eigenvalue weighted by molar-refractivity contribution is 0.105. The molecule has 0 aliphatic heterocycles. The maximum Gasteiger partial charge on any atom is 0.114 e. The summed E-state index contributed by atoms with van der Waals surface area (Å²) in [5.74, 6) is 1.48. The van der Waals surface area contributed by atoms with E-state index in [0.29, 0.717) is 5.92 Å². The number of nitrogens with one attached hydrogen (secondary N) is 1. The zero-order valence-electron chi connectivity index (χ0n) is 13.2. The first kappa shape index (κ1) is 14.5. The summed E-state index contributed by atoms with van der Waals surface area (Å²) in [4.78, 5) is 6.68. The Balaban J connectivity index is 1.99. The molecule has 0 spiro atoms. The number of aromatic nitrogens is 1. The number of aryl methyl sites for hydroxylation is 2. The van der Waals surface area contributed by atoms with Gasteiger partial charge >= 0.3 is 0 Å². The first-order valence-electron chi connectivity index (χ1n) is 8.41. The van der Waals surface area contributed by atoms with Crippen molar-refractivity contribution in [3.05, 3.63) is 15.6 Å². The Morgan fingerprint density at radius 1 is 1.25 bits per heavy atom. The number of thiazole rings is 1. The summed E-state index contributed by atoms with van der Waals surface area (Å²) in [6.07, 6.45) is 9.13. The van der Waals surface area contributed by atoms with Crippen molar-refractivity contribution in [3.63, 3.8) is 0 Å². The normalized spacial score (nSPS) is 34.0. The lowest BCUT2D eigenvalue weighted by Crippen LogP contribution is -2.51. The number of fused-ring (bicyclic) bond motifs is 1. The Morgan fingerprint density at radius 3 is 2.80 bits per heavy atom. The van der Waals surface area contributed by atoms with Gasteiger partial charge in [-0.25, -0.2) is 4.98 Å². The molecule has 1 saturated carbocycles. The van der Waals surface area contributed by atoms with Crippen molar-refractivity contribution in [2.24, 2.45) is 11.8 Å². The first-order valence-corrected chi connectivity index (χ1v) is 9.23. The van der Waals surface area contributed by atoms with Crippen molar-refractivity contribution in [1.29, 1.82) is 0 Å². The molecule has 0 bridgehead atoms. The van der Waals surface area contributed by atoms with Crippen LogP contribution in [0.5, 0.6) is 0 Å². The smallest absolute Gasteiger partial charge is 0.114 e. The predicted molar refractivity (Wildman–Crippen MR) is 86.3 cm³/mol. The average Bonchev–Trinajstić information content (AvgIpc) is 2.88. The van der Waals surface area contributed by atoms with Gasteiger partial charge in [-0.3, -0.25) is 0 Å². The Morgan fingerprint density at radius 2 is 2.05 bits per heavy atom. The molecule has 0 amide bonds. The summed E-state index contributed by atoms with van der Waals surface area (Å²) in [5, 5.41) is 5.25. The Bertz CT molecular complexity index is 440. The van der Waals surface area contributed by atoms with Gasteiger partial charge in [0.05, 0.1) is 11.2 Å². The van der Waals surface area contributed by atoms with Crippen LogP contribution in [0.1, 0.15) is 68.5 Å². The van der Waals surface area contributed by atoms with E-state index >= 15 is 0 Å². The van der Waals surface area contributed by atoms with Crippen LogP contribution >= 0.6 is 11.3 Å². The summed E-state index contributed by atoms with van der Waals surface area (Å²) >= 11 is 2.01. The van der Waals surface area contributed by atoms with Gasteiger partial charge in [0, 0.05) is 4.88 Å². The van der Waals surface area contributed by atoms with Crippen LogP contribution < -0.4 is 5.32 Å². The van der Waals surface area contributed by atoms with E-state index in [1.165, 1.54) is 55.6 Å². The van der Waals surface area contributed by atoms with Crippen LogP contribution in [0.2, 0.25) is 0 Å². The highest BCUT2D eigenvalue weighted by Gasteiger charge is 2.44. The summed E-state index contributed by atoms with van der Waals surface area (Å²) in [7, 11) is 0. The zero-order valence-corrected chi connectivity index (χ0v) is 14.0. The van der Waals surface area contributed by atoms with E-state index in [0.717, 1.165) is 12.5 Å². The van der Waals surface area contributed by atoms with Gasteiger partial charge in [0.2, 0.25) is 0 Å². The maximum atomic E-state index is 5.11. The molecule has 2 aliphatic carbocycles. The van der Waals surface area contributed by atoms with Gasteiger partial charge in [0.25, 0.3) is 0 Å². The van der Waals surface area contributed by atoms with Gasteiger partial charge in [0.15, 0.2) is 0 Å². The number of hydrogen-bond acceptors (Lipinski definition) is 3. The molecule has 1 aromatic heterocycles. The molecule has 112 valence electrons. The largest absolute Gasteiger partial charge is 0.305 e. The molecule has 2 nitrogen and oxygen atoms in total. The number of hydrogen-bond donors (Lipinski definition) is 1. The van der Waals surface area contributed by atoms with Crippen LogP contribution in [0, 0.1) is 11.8 Å². The molecule has 1 aromatic rings. The molecule has 1 fully saturated rings. The van der Waals surface area contributed by atoms with Crippen LogP contribution in [-0.4, -0.2) is 11.5 Å². The van der Waals surface area contributed by atoms with Crippen molar-refractivity contribution in [2.75, 3.05) is 6.54 Å². The molecular weight excluding hydrogens is 264 g/mol. The van der Waals surface area contributed by atoms with E-state index < -0.39 is 0 Å². The SMILES string of the molecule is CCNC1(c2nc3c(s2)CCCC3)CCCC(C)C1C. The molecule has 0 aromatic carbocycles. The molecule has 0 radical (unpaired) electrons. The molecule has 3 heteroatoms. The van der Waals surface area contributed by atoms with Crippen LogP contribution in [0.25, 0.3) is 0 Å².